The molecule has 0 bridgehead atoms. The van der Waals surface area contributed by atoms with Crippen molar-refractivity contribution in [2.24, 2.45) is 0 Å². The van der Waals surface area contributed by atoms with E-state index in [0.717, 1.165) is 0 Å². The first-order valence-corrected chi connectivity index (χ1v) is 5.74. The highest BCUT2D eigenvalue weighted by molar-refractivity contribution is 5.91. The van der Waals surface area contributed by atoms with Crippen LogP contribution in [-0.4, -0.2) is 13.1 Å². The Kier molecular flexibility index (Phi) is 4.30. The van der Waals surface area contributed by atoms with E-state index in [2.05, 4.69) is 4.74 Å². The summed E-state index contributed by atoms with van der Waals surface area (Å²) < 4.78 is 74.7. The molecule has 0 saturated carbocycles. The van der Waals surface area contributed by atoms with Crippen LogP contribution in [0.4, 0.5) is 22.0 Å². The van der Waals surface area contributed by atoms with Gasteiger partial charge in [-0.1, -0.05) is 0 Å². The van der Waals surface area contributed by atoms with Gasteiger partial charge in [-0.05, 0) is 24.3 Å². The van der Waals surface area contributed by atoms with Crippen molar-refractivity contribution in [3.05, 3.63) is 58.9 Å². The molecule has 22 heavy (non-hydrogen) atoms. The van der Waals surface area contributed by atoms with Crippen molar-refractivity contribution < 1.29 is 36.2 Å². The Morgan fingerprint density at radius 3 is 1.73 bits per heavy atom. The Labute approximate surface area is 120 Å². The number of carbonyl (C=O) groups excluding carboxylic acids is 1. The molecule has 0 aliphatic rings. The normalized spacial score (nSPS) is 10.5. The monoisotopic (exact) mass is 318 g/mol. The third-order valence-electron chi connectivity index (χ3n) is 2.69. The molecule has 8 heteroatoms. The number of rotatable bonds is 3. The van der Waals surface area contributed by atoms with Gasteiger partial charge in [-0.2, -0.15) is 8.78 Å². The molecule has 0 aromatic heterocycles. The molecule has 0 saturated heterocycles. The average molecular weight is 318 g/mol. The standard InChI is InChI=1S/C14H7F5O3/c1-21-7-4-2-6(3-5-7)14(20)22-13-11(18)9(16)8(15)10(17)12(13)19/h2-5H,1H3. The Balaban J connectivity index is 2.36. The van der Waals surface area contributed by atoms with E-state index in [4.69, 9.17) is 4.74 Å². The highest BCUT2D eigenvalue weighted by Crippen LogP contribution is 2.29. The molecule has 0 fully saturated rings. The summed E-state index contributed by atoms with van der Waals surface area (Å²) in [4.78, 5) is 11.7. The predicted molar refractivity (Wildman–Crippen MR) is 64.2 cm³/mol. The number of ether oxygens (including phenoxy) is 2. The molecular formula is C14H7F5O3. The zero-order valence-electron chi connectivity index (χ0n) is 10.9. The maximum absolute atomic E-state index is 13.4. The maximum atomic E-state index is 13.4. The zero-order valence-corrected chi connectivity index (χ0v) is 10.9. The van der Waals surface area contributed by atoms with E-state index in [1.54, 1.807) is 0 Å². The first kappa shape index (κ1) is 15.7. The van der Waals surface area contributed by atoms with Crippen molar-refractivity contribution in [1.82, 2.24) is 0 Å². The number of hydrogen-bond donors (Lipinski definition) is 0. The van der Waals surface area contributed by atoms with Crippen molar-refractivity contribution >= 4 is 5.97 Å². The average Bonchev–Trinajstić information content (AvgIpc) is 2.55. The Morgan fingerprint density at radius 1 is 0.818 bits per heavy atom. The number of benzene rings is 2. The predicted octanol–water partition coefficient (Wildman–Crippen LogP) is 3.61. The third-order valence-corrected chi connectivity index (χ3v) is 2.69. The molecule has 2 aromatic rings. The van der Waals surface area contributed by atoms with Crippen molar-refractivity contribution in [2.75, 3.05) is 7.11 Å². The summed E-state index contributed by atoms with van der Waals surface area (Å²) in [6.45, 7) is 0. The molecular weight excluding hydrogens is 311 g/mol. The van der Waals surface area contributed by atoms with Crippen LogP contribution >= 0.6 is 0 Å². The van der Waals surface area contributed by atoms with E-state index in [-0.39, 0.29) is 5.56 Å². The molecule has 0 heterocycles. The van der Waals surface area contributed by atoms with E-state index in [9.17, 15) is 26.7 Å². The van der Waals surface area contributed by atoms with Crippen LogP contribution in [0.15, 0.2) is 24.3 Å². The summed E-state index contributed by atoms with van der Waals surface area (Å²) in [6, 6.07) is 5.12. The molecule has 0 radical (unpaired) electrons. The Hall–Kier alpha value is -2.64. The van der Waals surface area contributed by atoms with Crippen LogP contribution in [0, 0.1) is 29.1 Å². The molecule has 2 aromatic carbocycles. The van der Waals surface area contributed by atoms with Crippen LogP contribution in [0.5, 0.6) is 11.5 Å². The van der Waals surface area contributed by atoms with E-state index >= 15 is 0 Å². The van der Waals surface area contributed by atoms with Crippen LogP contribution in [-0.2, 0) is 0 Å². The summed E-state index contributed by atoms with van der Waals surface area (Å²) in [5.74, 6) is -13.7. The summed E-state index contributed by atoms with van der Waals surface area (Å²) in [5, 5.41) is 0. The molecule has 0 atom stereocenters. The second-order valence-electron chi connectivity index (χ2n) is 4.02. The lowest BCUT2D eigenvalue weighted by molar-refractivity contribution is 0.0716. The van der Waals surface area contributed by atoms with Crippen LogP contribution in [0.1, 0.15) is 10.4 Å². The second kappa shape index (κ2) is 6.00. The largest absolute Gasteiger partial charge is 0.497 e. The lowest BCUT2D eigenvalue weighted by Gasteiger charge is -2.09. The first-order chi connectivity index (χ1) is 10.4. The number of halogens is 5. The van der Waals surface area contributed by atoms with Gasteiger partial charge < -0.3 is 9.47 Å². The summed E-state index contributed by atoms with van der Waals surface area (Å²) in [5.41, 5.74) is -0.162. The third kappa shape index (κ3) is 2.72. The molecule has 2 rings (SSSR count). The quantitative estimate of drug-likeness (QED) is 0.285. The minimum Gasteiger partial charge on any atom is -0.497 e. The van der Waals surface area contributed by atoms with Gasteiger partial charge in [0.05, 0.1) is 12.7 Å². The molecule has 116 valence electrons. The van der Waals surface area contributed by atoms with Gasteiger partial charge in [0.15, 0.2) is 0 Å². The van der Waals surface area contributed by atoms with Crippen molar-refractivity contribution in [1.29, 1.82) is 0 Å². The fourth-order valence-corrected chi connectivity index (χ4v) is 1.55. The Bertz CT molecular complexity index is 699. The van der Waals surface area contributed by atoms with Crippen LogP contribution < -0.4 is 9.47 Å². The summed E-state index contributed by atoms with van der Waals surface area (Å²) in [7, 11) is 1.38. The molecule has 0 N–H and O–H groups in total. The fraction of sp³-hybridized carbons (Fsp3) is 0.0714. The SMILES string of the molecule is COc1ccc(C(=O)Oc2c(F)c(F)c(F)c(F)c2F)cc1. The van der Waals surface area contributed by atoms with Crippen LogP contribution in [0.3, 0.4) is 0 Å². The first-order valence-electron chi connectivity index (χ1n) is 5.74. The molecule has 0 spiro atoms. The van der Waals surface area contributed by atoms with Gasteiger partial charge in [0.1, 0.15) is 5.75 Å². The number of methoxy groups -OCH3 is 1. The highest BCUT2D eigenvalue weighted by atomic mass is 19.2. The van der Waals surface area contributed by atoms with Gasteiger partial charge >= 0.3 is 5.97 Å². The Morgan fingerprint density at radius 2 is 1.27 bits per heavy atom. The van der Waals surface area contributed by atoms with Gasteiger partial charge in [0.25, 0.3) is 0 Å². The second-order valence-corrected chi connectivity index (χ2v) is 4.02. The number of esters is 1. The van der Waals surface area contributed by atoms with Crippen LogP contribution in [0.2, 0.25) is 0 Å². The highest BCUT2D eigenvalue weighted by Gasteiger charge is 2.28. The maximum Gasteiger partial charge on any atom is 0.343 e. The molecule has 0 amide bonds. The van der Waals surface area contributed by atoms with Gasteiger partial charge in [-0.25, -0.2) is 18.0 Å². The number of carbonyl (C=O) groups is 1. The summed E-state index contributed by atoms with van der Waals surface area (Å²) in [6.07, 6.45) is 0. The van der Waals surface area contributed by atoms with E-state index in [1.165, 1.54) is 31.4 Å². The molecule has 0 unspecified atom stereocenters. The van der Waals surface area contributed by atoms with Crippen molar-refractivity contribution in [2.45, 2.75) is 0 Å². The number of hydrogen-bond acceptors (Lipinski definition) is 3. The van der Waals surface area contributed by atoms with Gasteiger partial charge in [0, 0.05) is 0 Å². The van der Waals surface area contributed by atoms with Crippen molar-refractivity contribution in [3.63, 3.8) is 0 Å². The zero-order chi connectivity index (χ0) is 16.4. The lowest BCUT2D eigenvalue weighted by atomic mass is 10.2. The van der Waals surface area contributed by atoms with E-state index < -0.39 is 40.8 Å². The minimum atomic E-state index is -2.33. The van der Waals surface area contributed by atoms with E-state index in [1.807, 2.05) is 0 Å². The minimum absolute atomic E-state index is 0.162. The van der Waals surface area contributed by atoms with E-state index in [0.29, 0.717) is 5.75 Å². The molecule has 0 aliphatic heterocycles. The fourth-order valence-electron chi connectivity index (χ4n) is 1.55. The van der Waals surface area contributed by atoms with Gasteiger partial charge in [-0.15, -0.1) is 0 Å². The molecule has 0 aliphatic carbocycles. The van der Waals surface area contributed by atoms with Crippen LogP contribution in [0.25, 0.3) is 0 Å². The topological polar surface area (TPSA) is 35.5 Å². The smallest absolute Gasteiger partial charge is 0.343 e. The van der Waals surface area contributed by atoms with Gasteiger partial charge in [-0.3, -0.25) is 0 Å². The molecule has 3 nitrogen and oxygen atoms in total. The van der Waals surface area contributed by atoms with Gasteiger partial charge in [0.2, 0.25) is 34.8 Å². The van der Waals surface area contributed by atoms with Crippen molar-refractivity contribution in [3.8, 4) is 11.5 Å². The lowest BCUT2D eigenvalue weighted by Crippen LogP contribution is -2.13. The summed E-state index contributed by atoms with van der Waals surface area (Å²) >= 11 is 0.